The Hall–Kier alpha value is -3.47. The number of hydrogen-bond donors (Lipinski definition) is 2. The number of rotatable bonds is 9. The van der Waals surface area contributed by atoms with E-state index in [0.29, 0.717) is 35.2 Å². The van der Waals surface area contributed by atoms with Crippen molar-refractivity contribution < 1.29 is 14.6 Å². The largest absolute Gasteiger partial charge is 0.508 e. The van der Waals surface area contributed by atoms with Gasteiger partial charge in [0.05, 0.1) is 5.92 Å². The molecule has 1 atom stereocenters. The molecular formula is C29H25Cl2NO3. The van der Waals surface area contributed by atoms with Crippen molar-refractivity contribution >= 4 is 29.1 Å². The lowest BCUT2D eigenvalue weighted by molar-refractivity contribution is -0.121. The Labute approximate surface area is 215 Å². The van der Waals surface area contributed by atoms with Crippen molar-refractivity contribution in [2.24, 2.45) is 0 Å². The van der Waals surface area contributed by atoms with E-state index in [2.05, 4.69) is 5.32 Å². The minimum Gasteiger partial charge on any atom is -0.508 e. The smallest absolute Gasteiger partial charge is 0.232 e. The van der Waals surface area contributed by atoms with Crippen LogP contribution in [0.5, 0.6) is 11.5 Å². The molecule has 4 rings (SSSR count). The lowest BCUT2D eigenvalue weighted by Crippen LogP contribution is -2.31. The number of phenols is 1. The molecule has 4 nitrogen and oxygen atoms in total. The minimum absolute atomic E-state index is 0.129. The van der Waals surface area contributed by atoms with Crippen molar-refractivity contribution in [1.82, 2.24) is 5.32 Å². The van der Waals surface area contributed by atoms with E-state index in [1.54, 1.807) is 42.5 Å². The lowest BCUT2D eigenvalue weighted by Gasteiger charge is -2.19. The molecule has 0 aromatic heterocycles. The van der Waals surface area contributed by atoms with E-state index in [0.717, 1.165) is 22.4 Å². The number of amides is 1. The fraction of sp³-hybridized carbons (Fsp3) is 0.138. The fourth-order valence-electron chi connectivity index (χ4n) is 3.84. The Balaban J connectivity index is 1.42. The summed E-state index contributed by atoms with van der Waals surface area (Å²) in [4.78, 5) is 13.3. The molecule has 35 heavy (non-hydrogen) atoms. The van der Waals surface area contributed by atoms with E-state index >= 15 is 0 Å². The van der Waals surface area contributed by atoms with Crippen molar-refractivity contribution in [3.63, 3.8) is 0 Å². The van der Waals surface area contributed by atoms with Gasteiger partial charge in [0.25, 0.3) is 0 Å². The summed E-state index contributed by atoms with van der Waals surface area (Å²) in [5, 5.41) is 13.6. The highest BCUT2D eigenvalue weighted by molar-refractivity contribution is 6.35. The van der Waals surface area contributed by atoms with E-state index in [-0.39, 0.29) is 11.7 Å². The first-order valence-corrected chi connectivity index (χ1v) is 12.0. The molecule has 1 amide bonds. The van der Waals surface area contributed by atoms with Crippen LogP contribution in [0, 0.1) is 0 Å². The fourth-order valence-corrected chi connectivity index (χ4v) is 4.36. The monoisotopic (exact) mass is 505 g/mol. The third kappa shape index (κ3) is 6.78. The van der Waals surface area contributed by atoms with Gasteiger partial charge in [0.1, 0.15) is 18.1 Å². The van der Waals surface area contributed by atoms with E-state index in [9.17, 15) is 9.90 Å². The predicted octanol–water partition coefficient (Wildman–Crippen LogP) is 6.77. The molecule has 4 aromatic carbocycles. The van der Waals surface area contributed by atoms with Gasteiger partial charge in [-0.05, 0) is 65.1 Å². The van der Waals surface area contributed by atoms with Crippen LogP contribution >= 0.6 is 23.2 Å². The molecule has 2 N–H and O–H groups in total. The number of halogens is 2. The molecule has 178 valence electrons. The van der Waals surface area contributed by atoms with E-state index in [1.807, 2.05) is 54.6 Å². The third-order valence-corrected chi connectivity index (χ3v) is 6.18. The van der Waals surface area contributed by atoms with Gasteiger partial charge in [-0.3, -0.25) is 4.79 Å². The first-order chi connectivity index (χ1) is 17.0. The second kappa shape index (κ2) is 11.8. The highest BCUT2D eigenvalue weighted by Crippen LogP contribution is 2.33. The number of hydrogen-bond acceptors (Lipinski definition) is 3. The average Bonchev–Trinajstić information content (AvgIpc) is 2.86. The molecular weight excluding hydrogens is 481 g/mol. The average molecular weight is 506 g/mol. The van der Waals surface area contributed by atoms with Gasteiger partial charge < -0.3 is 15.2 Å². The molecule has 0 saturated heterocycles. The van der Waals surface area contributed by atoms with Crippen molar-refractivity contribution in [1.29, 1.82) is 0 Å². The maximum absolute atomic E-state index is 13.3. The molecule has 0 heterocycles. The normalized spacial score (nSPS) is 11.6. The van der Waals surface area contributed by atoms with E-state index < -0.39 is 5.92 Å². The van der Waals surface area contributed by atoms with Crippen LogP contribution in [0.3, 0.4) is 0 Å². The van der Waals surface area contributed by atoms with Gasteiger partial charge in [-0.2, -0.15) is 0 Å². The molecule has 0 radical (unpaired) electrons. The maximum atomic E-state index is 13.3. The van der Waals surface area contributed by atoms with E-state index in [1.165, 1.54) is 0 Å². The highest BCUT2D eigenvalue weighted by Gasteiger charge is 2.25. The standard InChI is InChI=1S/C29H25Cl2NO3/c30-23-11-14-26(27(31)18-23)28(22-9-12-24(33)13-10-22)29(34)32-16-15-20-7-4-8-25(17-20)35-19-21-5-2-1-3-6-21/h1-14,17-18,28,33H,15-16,19H2,(H,32,34). The molecule has 0 fully saturated rings. The first kappa shape index (κ1) is 24.6. The van der Waals surface area contributed by atoms with Crippen LogP contribution in [0.2, 0.25) is 10.0 Å². The second-order valence-electron chi connectivity index (χ2n) is 8.15. The Kier molecular flexibility index (Phi) is 8.30. The number of aromatic hydroxyl groups is 1. The molecule has 0 saturated carbocycles. The zero-order valence-corrected chi connectivity index (χ0v) is 20.5. The summed E-state index contributed by atoms with van der Waals surface area (Å²) >= 11 is 12.5. The predicted molar refractivity (Wildman–Crippen MR) is 140 cm³/mol. The Morgan fingerprint density at radius 2 is 1.60 bits per heavy atom. The summed E-state index contributed by atoms with van der Waals surface area (Å²) in [7, 11) is 0. The van der Waals surface area contributed by atoms with Gasteiger partial charge in [0, 0.05) is 16.6 Å². The molecule has 1 unspecified atom stereocenters. The van der Waals surface area contributed by atoms with Gasteiger partial charge in [-0.25, -0.2) is 0 Å². The van der Waals surface area contributed by atoms with Crippen molar-refractivity contribution in [3.8, 4) is 11.5 Å². The summed E-state index contributed by atoms with van der Waals surface area (Å²) in [6.07, 6.45) is 0.644. The topological polar surface area (TPSA) is 58.6 Å². The zero-order chi connectivity index (χ0) is 24.6. The van der Waals surface area contributed by atoms with Gasteiger partial charge in [0.15, 0.2) is 0 Å². The Bertz CT molecular complexity index is 1280. The van der Waals surface area contributed by atoms with Crippen LogP contribution in [0.15, 0.2) is 97.1 Å². The Morgan fingerprint density at radius 1 is 0.857 bits per heavy atom. The quantitative estimate of drug-likeness (QED) is 0.264. The van der Waals surface area contributed by atoms with Crippen molar-refractivity contribution in [3.05, 3.63) is 129 Å². The number of ether oxygens (including phenoxy) is 1. The van der Waals surface area contributed by atoms with Crippen LogP contribution in [0.4, 0.5) is 0 Å². The molecule has 0 aliphatic carbocycles. The first-order valence-electron chi connectivity index (χ1n) is 11.3. The summed E-state index contributed by atoms with van der Waals surface area (Å²) in [6.45, 7) is 0.942. The van der Waals surface area contributed by atoms with E-state index in [4.69, 9.17) is 27.9 Å². The van der Waals surface area contributed by atoms with Gasteiger partial charge in [-0.15, -0.1) is 0 Å². The summed E-state index contributed by atoms with van der Waals surface area (Å²) in [5.74, 6) is 0.0920. The molecule has 6 heteroatoms. The molecule has 4 aromatic rings. The molecule has 0 aliphatic rings. The molecule has 0 spiro atoms. The summed E-state index contributed by atoms with van der Waals surface area (Å²) < 4.78 is 5.91. The molecule has 0 bridgehead atoms. The third-order valence-electron chi connectivity index (χ3n) is 5.62. The van der Waals surface area contributed by atoms with Crippen LogP contribution < -0.4 is 10.1 Å². The number of carbonyl (C=O) groups is 1. The van der Waals surface area contributed by atoms with Crippen LogP contribution in [-0.4, -0.2) is 17.6 Å². The van der Waals surface area contributed by atoms with Crippen molar-refractivity contribution in [2.75, 3.05) is 6.54 Å². The van der Waals surface area contributed by atoms with Crippen LogP contribution in [0.1, 0.15) is 28.2 Å². The zero-order valence-electron chi connectivity index (χ0n) is 19.0. The summed E-state index contributed by atoms with van der Waals surface area (Å²) in [6, 6.07) is 29.5. The van der Waals surface area contributed by atoms with Crippen LogP contribution in [-0.2, 0) is 17.8 Å². The lowest BCUT2D eigenvalue weighted by atomic mass is 9.90. The van der Waals surface area contributed by atoms with Gasteiger partial charge in [-0.1, -0.05) is 83.9 Å². The second-order valence-corrected chi connectivity index (χ2v) is 9.00. The summed E-state index contributed by atoms with van der Waals surface area (Å²) in [5.41, 5.74) is 3.53. The van der Waals surface area contributed by atoms with Crippen LogP contribution in [0.25, 0.3) is 0 Å². The maximum Gasteiger partial charge on any atom is 0.232 e. The Morgan fingerprint density at radius 3 is 2.34 bits per heavy atom. The van der Waals surface area contributed by atoms with Gasteiger partial charge in [0.2, 0.25) is 5.91 Å². The SMILES string of the molecule is O=C(NCCc1cccc(OCc2ccccc2)c1)C(c1ccc(O)cc1)c1ccc(Cl)cc1Cl. The highest BCUT2D eigenvalue weighted by atomic mass is 35.5. The number of carbonyl (C=O) groups excluding carboxylic acids is 1. The minimum atomic E-state index is -0.638. The van der Waals surface area contributed by atoms with Crippen molar-refractivity contribution in [2.45, 2.75) is 18.9 Å². The number of phenolic OH excluding ortho intramolecular Hbond substituents is 1. The molecule has 0 aliphatic heterocycles. The number of nitrogens with one attached hydrogen (secondary N) is 1. The number of benzene rings is 4. The van der Waals surface area contributed by atoms with Gasteiger partial charge >= 0.3 is 0 Å².